The molecule has 1 heterocycles. The van der Waals surface area contributed by atoms with Gasteiger partial charge in [0.1, 0.15) is 0 Å². The molecule has 0 radical (unpaired) electrons. The first-order valence-electron chi connectivity index (χ1n) is 7.76. The Labute approximate surface area is 134 Å². The molecule has 1 aliphatic carbocycles. The summed E-state index contributed by atoms with van der Waals surface area (Å²) >= 11 is 3.55. The standard InChI is InChI=1S/C17H22BrN3/c18-16-5-3-4-14(10-16)15-11-17(12-15)20-6-1-2-8-21-9-7-19-13-21/h3-5,7,9-10,13,15,17,20H,1-2,6,8,11-12H2. The Morgan fingerprint density at radius 2 is 2.19 bits per heavy atom. The predicted octanol–water partition coefficient (Wildman–Crippen LogP) is 3.96. The second-order valence-electron chi connectivity index (χ2n) is 5.88. The van der Waals surface area contributed by atoms with Crippen molar-refractivity contribution in [2.75, 3.05) is 6.54 Å². The molecule has 0 spiro atoms. The Balaban J connectivity index is 1.29. The summed E-state index contributed by atoms with van der Waals surface area (Å²) in [5.41, 5.74) is 1.47. The number of imidazole rings is 1. The monoisotopic (exact) mass is 347 g/mol. The zero-order chi connectivity index (χ0) is 14.5. The molecule has 1 fully saturated rings. The predicted molar refractivity (Wildman–Crippen MR) is 89.4 cm³/mol. The van der Waals surface area contributed by atoms with Gasteiger partial charge in [-0.25, -0.2) is 4.98 Å². The Kier molecular flexibility index (Phi) is 5.09. The molecule has 3 nitrogen and oxygen atoms in total. The van der Waals surface area contributed by atoms with Crippen LogP contribution in [0.4, 0.5) is 0 Å². The number of unbranched alkanes of at least 4 members (excludes halogenated alkanes) is 1. The van der Waals surface area contributed by atoms with E-state index in [1.807, 2.05) is 18.7 Å². The zero-order valence-corrected chi connectivity index (χ0v) is 13.8. The number of aromatic nitrogens is 2. The lowest BCUT2D eigenvalue weighted by atomic mass is 9.76. The van der Waals surface area contributed by atoms with Gasteiger partial charge in [-0.1, -0.05) is 28.1 Å². The molecule has 3 rings (SSSR count). The van der Waals surface area contributed by atoms with Gasteiger partial charge in [0, 0.05) is 29.5 Å². The smallest absolute Gasteiger partial charge is 0.0945 e. The Bertz CT molecular complexity index is 547. The lowest BCUT2D eigenvalue weighted by Gasteiger charge is -2.36. The van der Waals surface area contributed by atoms with Crippen molar-refractivity contribution in [3.63, 3.8) is 0 Å². The van der Waals surface area contributed by atoms with Crippen LogP contribution in [0.1, 0.15) is 37.2 Å². The minimum absolute atomic E-state index is 0.710. The van der Waals surface area contributed by atoms with Gasteiger partial charge in [-0.3, -0.25) is 0 Å². The van der Waals surface area contributed by atoms with E-state index in [9.17, 15) is 0 Å². The third-order valence-electron chi connectivity index (χ3n) is 4.29. The van der Waals surface area contributed by atoms with Crippen molar-refractivity contribution in [3.8, 4) is 0 Å². The molecule has 1 saturated carbocycles. The van der Waals surface area contributed by atoms with E-state index in [0.717, 1.165) is 19.0 Å². The summed E-state index contributed by atoms with van der Waals surface area (Å²) in [6, 6.07) is 9.44. The number of rotatable bonds is 7. The number of hydrogen-bond donors (Lipinski definition) is 1. The number of aryl methyl sites for hydroxylation is 1. The molecule has 1 N–H and O–H groups in total. The van der Waals surface area contributed by atoms with Crippen molar-refractivity contribution in [3.05, 3.63) is 53.0 Å². The summed E-state index contributed by atoms with van der Waals surface area (Å²) < 4.78 is 3.34. The summed E-state index contributed by atoms with van der Waals surface area (Å²) in [6.07, 6.45) is 10.8. The van der Waals surface area contributed by atoms with E-state index in [0.29, 0.717) is 6.04 Å². The minimum atomic E-state index is 0.710. The normalized spacial score (nSPS) is 21.2. The van der Waals surface area contributed by atoms with E-state index in [-0.39, 0.29) is 0 Å². The third-order valence-corrected chi connectivity index (χ3v) is 4.79. The van der Waals surface area contributed by atoms with Crippen LogP contribution in [0.5, 0.6) is 0 Å². The fourth-order valence-electron chi connectivity index (χ4n) is 2.96. The van der Waals surface area contributed by atoms with E-state index < -0.39 is 0 Å². The van der Waals surface area contributed by atoms with E-state index in [1.54, 1.807) is 0 Å². The average molecular weight is 348 g/mol. The SMILES string of the molecule is Brc1cccc(C2CC(NCCCCn3ccnc3)C2)c1. The van der Waals surface area contributed by atoms with E-state index in [1.165, 1.54) is 35.7 Å². The van der Waals surface area contributed by atoms with E-state index in [4.69, 9.17) is 0 Å². The second-order valence-corrected chi connectivity index (χ2v) is 6.80. The van der Waals surface area contributed by atoms with Gasteiger partial charge in [0.25, 0.3) is 0 Å². The number of benzene rings is 1. The Morgan fingerprint density at radius 3 is 2.95 bits per heavy atom. The zero-order valence-electron chi connectivity index (χ0n) is 12.2. The summed E-state index contributed by atoms with van der Waals surface area (Å²) in [5.74, 6) is 0.742. The second kappa shape index (κ2) is 7.23. The number of hydrogen-bond acceptors (Lipinski definition) is 2. The number of nitrogens with zero attached hydrogens (tertiary/aromatic N) is 2. The first-order valence-corrected chi connectivity index (χ1v) is 8.55. The van der Waals surface area contributed by atoms with Crippen LogP contribution in [-0.4, -0.2) is 22.1 Å². The fourth-order valence-corrected chi connectivity index (χ4v) is 3.38. The molecule has 112 valence electrons. The maximum atomic E-state index is 4.06. The van der Waals surface area contributed by atoms with Crippen LogP contribution in [0.25, 0.3) is 0 Å². The van der Waals surface area contributed by atoms with Crippen LogP contribution in [0.2, 0.25) is 0 Å². The molecule has 0 aliphatic heterocycles. The van der Waals surface area contributed by atoms with Gasteiger partial charge in [-0.15, -0.1) is 0 Å². The highest BCUT2D eigenvalue weighted by Gasteiger charge is 2.29. The lowest BCUT2D eigenvalue weighted by molar-refractivity contribution is 0.289. The maximum absolute atomic E-state index is 4.06. The van der Waals surface area contributed by atoms with Crippen molar-refractivity contribution < 1.29 is 0 Å². The van der Waals surface area contributed by atoms with E-state index >= 15 is 0 Å². The molecule has 0 bridgehead atoms. The quantitative estimate of drug-likeness (QED) is 0.768. The van der Waals surface area contributed by atoms with Crippen LogP contribution in [0.3, 0.4) is 0 Å². The summed E-state index contributed by atoms with van der Waals surface area (Å²) in [6.45, 7) is 2.21. The van der Waals surface area contributed by atoms with Gasteiger partial charge < -0.3 is 9.88 Å². The fraction of sp³-hybridized carbons (Fsp3) is 0.471. The maximum Gasteiger partial charge on any atom is 0.0945 e. The van der Waals surface area contributed by atoms with Gasteiger partial charge in [-0.05, 0) is 55.8 Å². The van der Waals surface area contributed by atoms with Crippen LogP contribution in [-0.2, 0) is 6.54 Å². The topological polar surface area (TPSA) is 29.9 Å². The molecule has 0 atom stereocenters. The molecule has 4 heteroatoms. The van der Waals surface area contributed by atoms with Crippen molar-refractivity contribution in [2.24, 2.45) is 0 Å². The largest absolute Gasteiger partial charge is 0.337 e. The molecule has 0 amide bonds. The van der Waals surface area contributed by atoms with E-state index in [2.05, 4.69) is 55.1 Å². The van der Waals surface area contributed by atoms with Crippen LogP contribution < -0.4 is 5.32 Å². The molecule has 0 unspecified atom stereocenters. The summed E-state index contributed by atoms with van der Waals surface area (Å²) in [5, 5.41) is 3.68. The average Bonchev–Trinajstić information content (AvgIpc) is 2.93. The highest BCUT2D eigenvalue weighted by Crippen LogP contribution is 2.37. The molecule has 1 aliphatic rings. The molecule has 1 aromatic heterocycles. The van der Waals surface area contributed by atoms with Crippen molar-refractivity contribution in [1.82, 2.24) is 14.9 Å². The van der Waals surface area contributed by atoms with Gasteiger partial charge in [-0.2, -0.15) is 0 Å². The first kappa shape index (κ1) is 14.8. The molecule has 21 heavy (non-hydrogen) atoms. The lowest BCUT2D eigenvalue weighted by Crippen LogP contribution is -2.40. The molecular formula is C17H22BrN3. The molecule has 2 aromatic rings. The van der Waals surface area contributed by atoms with Gasteiger partial charge in [0.15, 0.2) is 0 Å². The molecule has 1 aromatic carbocycles. The molecular weight excluding hydrogens is 326 g/mol. The van der Waals surface area contributed by atoms with Crippen molar-refractivity contribution in [1.29, 1.82) is 0 Å². The van der Waals surface area contributed by atoms with Crippen LogP contribution >= 0.6 is 15.9 Å². The highest BCUT2D eigenvalue weighted by molar-refractivity contribution is 9.10. The van der Waals surface area contributed by atoms with Gasteiger partial charge >= 0.3 is 0 Å². The van der Waals surface area contributed by atoms with Gasteiger partial charge in [0.05, 0.1) is 6.33 Å². The third kappa shape index (κ3) is 4.17. The summed E-state index contributed by atoms with van der Waals surface area (Å²) in [4.78, 5) is 4.06. The van der Waals surface area contributed by atoms with Gasteiger partial charge in [0.2, 0.25) is 0 Å². The summed E-state index contributed by atoms with van der Waals surface area (Å²) in [7, 11) is 0. The number of halogens is 1. The minimum Gasteiger partial charge on any atom is -0.337 e. The Hall–Kier alpha value is -1.13. The van der Waals surface area contributed by atoms with Crippen molar-refractivity contribution >= 4 is 15.9 Å². The Morgan fingerprint density at radius 1 is 1.29 bits per heavy atom. The highest BCUT2D eigenvalue weighted by atomic mass is 79.9. The first-order chi connectivity index (χ1) is 10.3. The van der Waals surface area contributed by atoms with Crippen LogP contribution in [0, 0.1) is 0 Å². The van der Waals surface area contributed by atoms with Crippen LogP contribution in [0.15, 0.2) is 47.5 Å². The molecule has 0 saturated heterocycles. The van der Waals surface area contributed by atoms with Crippen molar-refractivity contribution in [2.45, 2.75) is 44.2 Å². The number of nitrogens with one attached hydrogen (secondary N) is 1.